The number of aromatic nitrogens is 2. The molecule has 8 rings (SSSR count). The van der Waals surface area contributed by atoms with Gasteiger partial charge in [0.25, 0.3) is 0 Å². The Labute approximate surface area is 293 Å². The number of fused-ring (bicyclic) bond motifs is 3. The number of hydrogen-bond acceptors (Lipinski definition) is 13. The molecule has 4 aromatic rings. The fourth-order valence-electron chi connectivity index (χ4n) is 7.13. The molecule has 0 radical (unpaired) electrons. The number of anilines is 2. The number of benzene rings is 1. The van der Waals surface area contributed by atoms with Gasteiger partial charge in [0.15, 0.2) is 11.0 Å². The second-order valence-electron chi connectivity index (χ2n) is 14.3. The van der Waals surface area contributed by atoms with E-state index in [4.69, 9.17) is 30.1 Å². The van der Waals surface area contributed by atoms with Crippen LogP contribution in [0, 0.1) is 6.92 Å². The van der Waals surface area contributed by atoms with Gasteiger partial charge in [-0.3, -0.25) is 9.79 Å². The summed E-state index contributed by atoms with van der Waals surface area (Å²) in [5.41, 5.74) is 16.0. The highest BCUT2D eigenvalue weighted by Crippen LogP contribution is 2.45. The van der Waals surface area contributed by atoms with Crippen LogP contribution in [0.3, 0.4) is 0 Å². The number of phenols is 1. The smallest absolute Gasteiger partial charge is 0.341 e. The molecule has 0 amide bonds. The number of aryl methyl sites for hydroxylation is 2. The first kappa shape index (κ1) is 32.5. The number of nitrogen functional groups attached to an aromatic ring is 2. The van der Waals surface area contributed by atoms with Gasteiger partial charge in [-0.25, -0.2) is 14.8 Å². The molecule has 4 aliphatic heterocycles. The quantitative estimate of drug-likeness (QED) is 0.173. The van der Waals surface area contributed by atoms with Gasteiger partial charge in [-0.05, 0) is 76.4 Å². The van der Waals surface area contributed by atoms with Crippen LogP contribution < -0.4 is 21.6 Å². The molecule has 1 aromatic carbocycles. The molecule has 0 unspecified atom stereocenters. The van der Waals surface area contributed by atoms with Crippen molar-refractivity contribution in [3.8, 4) is 22.8 Å². The van der Waals surface area contributed by atoms with Gasteiger partial charge in [0.05, 0.1) is 29.7 Å². The SMILES string of the molecule is Cc1cc(=O)c2c(O)c3c(cc2o1)OC(C)(C)[C@H](OC(=O)[C@]1(C)O[C@@H]1CCc1cc(N)nc(-c2cc(N)nc(CN4C=C5N=CC=C5C4)c2)c1)C3. The minimum atomic E-state index is -1.15. The van der Waals surface area contributed by atoms with Crippen molar-refractivity contribution in [2.75, 3.05) is 18.0 Å². The predicted octanol–water partition coefficient (Wildman–Crippen LogP) is 4.51. The van der Waals surface area contributed by atoms with E-state index in [0.717, 1.165) is 29.1 Å². The minimum Gasteiger partial charge on any atom is -0.507 e. The Morgan fingerprint density at radius 1 is 1.10 bits per heavy atom. The van der Waals surface area contributed by atoms with Gasteiger partial charge >= 0.3 is 5.97 Å². The number of allylic oxidation sites excluding steroid dienone is 1. The molecule has 0 aliphatic carbocycles. The number of pyridine rings is 2. The first-order valence-electron chi connectivity index (χ1n) is 16.9. The fraction of sp³-hybridized carbons (Fsp3) is 0.342. The monoisotopic (exact) mass is 690 g/mol. The lowest BCUT2D eigenvalue weighted by Gasteiger charge is -2.39. The first-order chi connectivity index (χ1) is 24.3. The fourth-order valence-corrected chi connectivity index (χ4v) is 7.13. The highest BCUT2D eigenvalue weighted by atomic mass is 16.7. The summed E-state index contributed by atoms with van der Waals surface area (Å²) in [5, 5.41) is 11.1. The molecule has 0 spiro atoms. The third-order valence-corrected chi connectivity index (χ3v) is 9.97. The average Bonchev–Trinajstić information content (AvgIpc) is 3.30. The van der Waals surface area contributed by atoms with E-state index in [1.165, 1.54) is 11.6 Å². The summed E-state index contributed by atoms with van der Waals surface area (Å²) >= 11 is 0. The molecule has 3 atom stereocenters. The van der Waals surface area contributed by atoms with Gasteiger partial charge in [-0.1, -0.05) is 0 Å². The number of ether oxygens (including phenoxy) is 3. The molecule has 1 fully saturated rings. The third-order valence-electron chi connectivity index (χ3n) is 9.97. The molecule has 13 nitrogen and oxygen atoms in total. The number of epoxide rings is 1. The van der Waals surface area contributed by atoms with E-state index in [-0.39, 0.29) is 34.7 Å². The van der Waals surface area contributed by atoms with Crippen LogP contribution in [0.2, 0.25) is 0 Å². The van der Waals surface area contributed by atoms with Crippen molar-refractivity contribution in [1.82, 2.24) is 14.9 Å². The van der Waals surface area contributed by atoms with Crippen LogP contribution in [0.5, 0.6) is 11.5 Å². The number of aromatic hydroxyl groups is 1. The van der Waals surface area contributed by atoms with E-state index in [0.29, 0.717) is 53.8 Å². The molecule has 13 heteroatoms. The van der Waals surface area contributed by atoms with E-state index in [9.17, 15) is 14.7 Å². The van der Waals surface area contributed by atoms with E-state index in [2.05, 4.69) is 19.9 Å². The summed E-state index contributed by atoms with van der Waals surface area (Å²) in [6, 6.07) is 10.5. The number of aliphatic imine (C=N–C) groups is 1. The van der Waals surface area contributed by atoms with Crippen LogP contribution in [0.25, 0.3) is 22.2 Å². The Hall–Kier alpha value is -5.69. The van der Waals surface area contributed by atoms with Gasteiger partial charge < -0.3 is 40.1 Å². The molecule has 3 aromatic heterocycles. The van der Waals surface area contributed by atoms with Crippen molar-refractivity contribution in [3.63, 3.8) is 0 Å². The number of nitrogens with zero attached hydrogens (tertiary/aromatic N) is 4. The zero-order valence-electron chi connectivity index (χ0n) is 28.7. The molecular formula is C38H38N6O7. The van der Waals surface area contributed by atoms with Crippen LogP contribution in [0.1, 0.15) is 49.8 Å². The highest BCUT2D eigenvalue weighted by molar-refractivity contribution is 5.87. The van der Waals surface area contributed by atoms with Crippen molar-refractivity contribution in [1.29, 1.82) is 0 Å². The van der Waals surface area contributed by atoms with Crippen LogP contribution in [-0.4, -0.2) is 62.1 Å². The average molecular weight is 691 g/mol. The zero-order valence-corrected chi connectivity index (χ0v) is 28.7. The van der Waals surface area contributed by atoms with Gasteiger partial charge in [0, 0.05) is 54.2 Å². The van der Waals surface area contributed by atoms with Gasteiger partial charge in [0.1, 0.15) is 51.6 Å². The Bertz CT molecular complexity index is 2290. The highest BCUT2D eigenvalue weighted by Gasteiger charge is 2.60. The Morgan fingerprint density at radius 3 is 2.71 bits per heavy atom. The molecule has 4 aliphatic rings. The topological polar surface area (TPSA) is 192 Å². The van der Waals surface area contributed by atoms with Crippen molar-refractivity contribution < 1.29 is 28.5 Å². The van der Waals surface area contributed by atoms with Gasteiger partial charge in [-0.15, -0.1) is 0 Å². The van der Waals surface area contributed by atoms with Crippen molar-refractivity contribution in [2.24, 2.45) is 4.99 Å². The summed E-state index contributed by atoms with van der Waals surface area (Å²) in [6.07, 6.45) is 5.97. The summed E-state index contributed by atoms with van der Waals surface area (Å²) in [7, 11) is 0. The van der Waals surface area contributed by atoms with E-state index in [1.807, 2.05) is 36.7 Å². The minimum absolute atomic E-state index is 0.0635. The van der Waals surface area contributed by atoms with E-state index in [1.54, 1.807) is 39.8 Å². The number of esters is 1. The van der Waals surface area contributed by atoms with E-state index < -0.39 is 23.3 Å². The predicted molar refractivity (Wildman–Crippen MR) is 190 cm³/mol. The molecule has 7 heterocycles. The van der Waals surface area contributed by atoms with Crippen molar-refractivity contribution >= 4 is 34.8 Å². The second-order valence-corrected chi connectivity index (χ2v) is 14.3. The van der Waals surface area contributed by atoms with Crippen LogP contribution >= 0.6 is 0 Å². The zero-order chi connectivity index (χ0) is 35.8. The summed E-state index contributed by atoms with van der Waals surface area (Å²) in [5.74, 6) is 0.786. The summed E-state index contributed by atoms with van der Waals surface area (Å²) in [4.78, 5) is 41.8. The summed E-state index contributed by atoms with van der Waals surface area (Å²) < 4.78 is 23.8. The van der Waals surface area contributed by atoms with Gasteiger partial charge in [0.2, 0.25) is 0 Å². The second kappa shape index (κ2) is 11.7. The summed E-state index contributed by atoms with van der Waals surface area (Å²) in [6.45, 7) is 8.32. The molecule has 0 bridgehead atoms. The molecule has 0 saturated carbocycles. The van der Waals surface area contributed by atoms with Gasteiger partial charge in [-0.2, -0.15) is 0 Å². The maximum atomic E-state index is 13.5. The maximum absolute atomic E-state index is 13.5. The van der Waals surface area contributed by atoms with Crippen molar-refractivity contribution in [2.45, 2.75) is 76.9 Å². The number of hydrogen-bond donors (Lipinski definition) is 3. The molecule has 5 N–H and O–H groups in total. The van der Waals surface area contributed by atoms with E-state index >= 15 is 0 Å². The number of rotatable bonds is 8. The number of phenolic OH excluding ortho intramolecular Hbond substituents is 1. The number of carbonyl (C=O) groups excluding carboxylic acids is 1. The Kier molecular flexibility index (Phi) is 7.45. The number of nitrogens with two attached hydrogens (primary N) is 2. The molecule has 1 saturated heterocycles. The maximum Gasteiger partial charge on any atom is 0.341 e. The lowest BCUT2D eigenvalue weighted by atomic mass is 9.89. The molecule has 51 heavy (non-hydrogen) atoms. The van der Waals surface area contributed by atoms with Crippen LogP contribution in [0.15, 0.2) is 74.1 Å². The standard InChI is InChI=1S/C38H38N6O7/c1-19-9-27(45)34-29(48-19)15-28-24(35(34)46)14-31(37(2,3)50-28)49-36(47)38(4)30(51-38)6-5-20-10-25(43-32(39)11-20)22-12-23(42-33(40)13-22)17-44-16-21-7-8-41-26(21)18-44/h7-13,15,18,30-31,46H,5-6,14,16-17H2,1-4H3,(H2,39,43)(H2,40,42)/t30-,31-,38-/m1/s1. The van der Waals surface area contributed by atoms with Crippen molar-refractivity contribution in [3.05, 3.63) is 92.7 Å². The van der Waals surface area contributed by atoms with Crippen LogP contribution in [-0.2, 0) is 33.7 Å². The lowest BCUT2D eigenvalue weighted by molar-refractivity contribution is -0.167. The Balaban J connectivity index is 0.934. The van der Waals surface area contributed by atoms with Crippen LogP contribution in [0.4, 0.5) is 11.6 Å². The molecular weight excluding hydrogens is 652 g/mol. The third kappa shape index (κ3) is 5.97. The largest absolute Gasteiger partial charge is 0.507 e. The lowest BCUT2D eigenvalue weighted by Crippen LogP contribution is -2.50. The molecule has 262 valence electrons. The Morgan fingerprint density at radius 2 is 1.90 bits per heavy atom. The first-order valence-corrected chi connectivity index (χ1v) is 16.9. The normalized spacial score (nSPS) is 22.6. The number of carbonyl (C=O) groups is 1.